The van der Waals surface area contributed by atoms with Gasteiger partial charge in [-0.1, -0.05) is 140 Å². The Morgan fingerprint density at radius 3 is 1.70 bits per heavy atom. The SMILES string of the molecule is c1ccc2c(-c3nc(-c4ccc(-c5nc6ccccc6c6c5ccc5ccccc56)cc4)nc4ccccc34)cccc2c1. The second-order valence-electron chi connectivity index (χ2n) is 11.2. The van der Waals surface area contributed by atoms with Crippen LogP contribution in [0.3, 0.4) is 0 Å². The minimum absolute atomic E-state index is 0.709. The molecule has 0 bridgehead atoms. The van der Waals surface area contributed by atoms with E-state index in [-0.39, 0.29) is 0 Å². The minimum Gasteiger partial charge on any atom is -0.247 e. The summed E-state index contributed by atoms with van der Waals surface area (Å²) in [7, 11) is 0. The Morgan fingerprint density at radius 1 is 0.318 bits per heavy atom. The van der Waals surface area contributed by atoms with Crippen LogP contribution in [0.2, 0.25) is 0 Å². The average Bonchev–Trinajstić information content (AvgIpc) is 3.10. The second kappa shape index (κ2) is 9.82. The van der Waals surface area contributed by atoms with Crippen molar-refractivity contribution < 1.29 is 0 Å². The molecule has 204 valence electrons. The van der Waals surface area contributed by atoms with Crippen LogP contribution in [0.5, 0.6) is 0 Å². The monoisotopic (exact) mass is 559 g/mol. The van der Waals surface area contributed by atoms with Gasteiger partial charge < -0.3 is 0 Å². The molecule has 7 aromatic carbocycles. The lowest BCUT2D eigenvalue weighted by Gasteiger charge is -2.13. The normalized spacial score (nSPS) is 11.6. The number of aromatic nitrogens is 3. The molecule has 0 aliphatic carbocycles. The number of hydrogen-bond donors (Lipinski definition) is 0. The third kappa shape index (κ3) is 3.87. The largest absolute Gasteiger partial charge is 0.247 e. The Hall–Kier alpha value is -5.93. The second-order valence-corrected chi connectivity index (χ2v) is 11.2. The lowest BCUT2D eigenvalue weighted by molar-refractivity contribution is 1.23. The van der Waals surface area contributed by atoms with E-state index < -0.39 is 0 Å². The van der Waals surface area contributed by atoms with Crippen LogP contribution >= 0.6 is 0 Å². The Bertz CT molecular complexity index is 2530. The Kier molecular flexibility index (Phi) is 5.50. The molecule has 0 unspecified atom stereocenters. The van der Waals surface area contributed by atoms with Gasteiger partial charge >= 0.3 is 0 Å². The Morgan fingerprint density at radius 2 is 0.909 bits per heavy atom. The molecular formula is C41H25N3. The fourth-order valence-electron chi connectivity index (χ4n) is 6.56. The number of benzene rings is 7. The highest BCUT2D eigenvalue weighted by atomic mass is 14.9. The number of para-hydroxylation sites is 2. The predicted molar refractivity (Wildman–Crippen MR) is 184 cm³/mol. The summed E-state index contributed by atoms with van der Waals surface area (Å²) < 4.78 is 0. The lowest BCUT2D eigenvalue weighted by Crippen LogP contribution is -1.96. The fraction of sp³-hybridized carbons (Fsp3) is 0. The zero-order chi connectivity index (χ0) is 29.0. The molecule has 9 rings (SSSR count). The number of hydrogen-bond acceptors (Lipinski definition) is 3. The summed E-state index contributed by atoms with van der Waals surface area (Å²) in [4.78, 5) is 15.4. The summed E-state index contributed by atoms with van der Waals surface area (Å²) in [5.74, 6) is 0.709. The van der Waals surface area contributed by atoms with E-state index in [1.54, 1.807) is 0 Å². The number of fused-ring (bicyclic) bond motifs is 7. The van der Waals surface area contributed by atoms with Crippen molar-refractivity contribution in [2.24, 2.45) is 0 Å². The third-order valence-electron chi connectivity index (χ3n) is 8.65. The highest BCUT2D eigenvalue weighted by Gasteiger charge is 2.16. The molecule has 0 N–H and O–H groups in total. The van der Waals surface area contributed by atoms with Crippen molar-refractivity contribution in [2.45, 2.75) is 0 Å². The Balaban J connectivity index is 1.22. The number of nitrogens with zero attached hydrogens (tertiary/aromatic N) is 3. The minimum atomic E-state index is 0.709. The maximum atomic E-state index is 5.19. The smallest absolute Gasteiger partial charge is 0.160 e. The van der Waals surface area contributed by atoms with Crippen molar-refractivity contribution in [3.8, 4) is 33.9 Å². The van der Waals surface area contributed by atoms with Crippen molar-refractivity contribution in [1.82, 2.24) is 15.0 Å². The third-order valence-corrected chi connectivity index (χ3v) is 8.65. The van der Waals surface area contributed by atoms with Gasteiger partial charge in [0, 0.05) is 38.2 Å². The Labute approximate surface area is 254 Å². The van der Waals surface area contributed by atoms with Crippen molar-refractivity contribution in [3.63, 3.8) is 0 Å². The van der Waals surface area contributed by atoms with Gasteiger partial charge in [0.25, 0.3) is 0 Å². The van der Waals surface area contributed by atoms with Crippen molar-refractivity contribution in [1.29, 1.82) is 0 Å². The summed E-state index contributed by atoms with van der Waals surface area (Å²) in [6.07, 6.45) is 0. The van der Waals surface area contributed by atoms with E-state index in [1.807, 2.05) is 6.07 Å². The van der Waals surface area contributed by atoms with Crippen LogP contribution in [0.1, 0.15) is 0 Å². The molecule has 0 spiro atoms. The van der Waals surface area contributed by atoms with Crippen molar-refractivity contribution in [2.75, 3.05) is 0 Å². The summed E-state index contributed by atoms with van der Waals surface area (Å²) in [6, 6.07) is 53.1. The molecule has 2 aromatic heterocycles. The maximum absolute atomic E-state index is 5.19. The summed E-state index contributed by atoms with van der Waals surface area (Å²) >= 11 is 0. The van der Waals surface area contributed by atoms with Gasteiger partial charge in [-0.3, -0.25) is 0 Å². The quantitative estimate of drug-likeness (QED) is 0.202. The van der Waals surface area contributed by atoms with Crippen LogP contribution < -0.4 is 0 Å². The van der Waals surface area contributed by atoms with Gasteiger partial charge in [0.15, 0.2) is 5.82 Å². The first-order chi connectivity index (χ1) is 21.8. The average molecular weight is 560 g/mol. The molecule has 3 heteroatoms. The molecule has 0 radical (unpaired) electrons. The molecule has 0 saturated heterocycles. The van der Waals surface area contributed by atoms with Gasteiger partial charge in [0.2, 0.25) is 0 Å². The van der Waals surface area contributed by atoms with Crippen LogP contribution in [0.4, 0.5) is 0 Å². The molecule has 0 atom stereocenters. The van der Waals surface area contributed by atoms with Crippen molar-refractivity contribution in [3.05, 3.63) is 152 Å². The van der Waals surface area contributed by atoms with Gasteiger partial charge in [-0.05, 0) is 33.7 Å². The highest BCUT2D eigenvalue weighted by molar-refractivity contribution is 6.22. The van der Waals surface area contributed by atoms with Crippen LogP contribution in [0, 0.1) is 0 Å². The number of rotatable bonds is 3. The molecular weight excluding hydrogens is 534 g/mol. The van der Waals surface area contributed by atoms with Crippen LogP contribution in [0.15, 0.2) is 152 Å². The van der Waals surface area contributed by atoms with E-state index in [9.17, 15) is 0 Å². The van der Waals surface area contributed by atoms with Crippen LogP contribution in [-0.4, -0.2) is 15.0 Å². The molecule has 2 heterocycles. The molecule has 9 aromatic rings. The molecule has 44 heavy (non-hydrogen) atoms. The molecule has 3 nitrogen and oxygen atoms in total. The van der Waals surface area contributed by atoms with E-state index in [1.165, 1.54) is 32.3 Å². The van der Waals surface area contributed by atoms with Gasteiger partial charge in [-0.15, -0.1) is 0 Å². The molecule has 0 amide bonds. The zero-order valence-electron chi connectivity index (χ0n) is 23.8. The number of pyridine rings is 1. The van der Waals surface area contributed by atoms with E-state index in [4.69, 9.17) is 15.0 Å². The lowest BCUT2D eigenvalue weighted by atomic mass is 9.95. The molecule has 0 aliphatic rings. The van der Waals surface area contributed by atoms with E-state index >= 15 is 0 Å². The first-order valence-corrected chi connectivity index (χ1v) is 14.9. The topological polar surface area (TPSA) is 38.7 Å². The van der Waals surface area contributed by atoms with Gasteiger partial charge in [-0.2, -0.15) is 0 Å². The van der Waals surface area contributed by atoms with Gasteiger partial charge in [0.1, 0.15) is 0 Å². The highest BCUT2D eigenvalue weighted by Crippen LogP contribution is 2.38. The standard InChI is InChI=1S/C41H25N3/c1-3-13-30-26(10-1)12-9-17-32(30)40-34-16-6-8-19-37(34)43-41(44-40)29-22-20-28(21-23-29)39-35-25-24-27-11-2-4-14-31(27)38(35)33-15-5-7-18-36(33)42-39/h1-25H. The summed E-state index contributed by atoms with van der Waals surface area (Å²) in [5, 5.41) is 9.46. The van der Waals surface area contributed by atoms with Gasteiger partial charge in [-0.25, -0.2) is 15.0 Å². The van der Waals surface area contributed by atoms with Crippen LogP contribution in [0.25, 0.3) is 88.0 Å². The van der Waals surface area contributed by atoms with Gasteiger partial charge in [0.05, 0.1) is 22.4 Å². The molecule has 0 fully saturated rings. The zero-order valence-corrected chi connectivity index (χ0v) is 23.8. The van der Waals surface area contributed by atoms with E-state index in [2.05, 4.69) is 146 Å². The summed E-state index contributed by atoms with van der Waals surface area (Å²) in [6.45, 7) is 0. The maximum Gasteiger partial charge on any atom is 0.160 e. The fourth-order valence-corrected chi connectivity index (χ4v) is 6.56. The van der Waals surface area contributed by atoms with E-state index in [0.717, 1.165) is 49.9 Å². The predicted octanol–water partition coefficient (Wildman–Crippen LogP) is 10.6. The summed E-state index contributed by atoms with van der Waals surface area (Å²) in [5.41, 5.74) is 6.99. The first kappa shape index (κ1) is 24.6. The first-order valence-electron chi connectivity index (χ1n) is 14.9. The molecule has 0 saturated carbocycles. The molecule has 0 aliphatic heterocycles. The van der Waals surface area contributed by atoms with E-state index in [0.29, 0.717) is 5.82 Å². The van der Waals surface area contributed by atoms with Crippen LogP contribution in [-0.2, 0) is 0 Å². The van der Waals surface area contributed by atoms with Crippen molar-refractivity contribution >= 4 is 54.1 Å².